The predicted molar refractivity (Wildman–Crippen MR) is 118 cm³/mol. The molecule has 0 spiro atoms. The standard InChI is InChI=1S/C21H19Br2N3O2/c22-16-10-13(11-17(23)19(16)27)12-24-26-20(14-6-2-1-3-7-14)25-18-9-5-4-8-15(18)21(26)28/h4-5,8-12,14,27H,1-3,6-7H2. The Hall–Kier alpha value is -1.99. The molecule has 5 nitrogen and oxygen atoms in total. The quantitative estimate of drug-likeness (QED) is 0.475. The normalized spacial score (nSPS) is 15.5. The van der Waals surface area contributed by atoms with E-state index in [0.717, 1.165) is 42.6 Å². The number of aromatic hydroxyl groups is 1. The van der Waals surface area contributed by atoms with Gasteiger partial charge in [0.25, 0.3) is 5.56 Å². The van der Waals surface area contributed by atoms with Crippen LogP contribution in [-0.4, -0.2) is 21.0 Å². The fourth-order valence-electron chi connectivity index (χ4n) is 3.66. The highest BCUT2D eigenvalue weighted by atomic mass is 79.9. The molecule has 0 aliphatic heterocycles. The van der Waals surface area contributed by atoms with Gasteiger partial charge < -0.3 is 5.11 Å². The average Bonchev–Trinajstić information content (AvgIpc) is 2.72. The number of nitrogens with zero attached hydrogens (tertiary/aromatic N) is 3. The van der Waals surface area contributed by atoms with Crippen LogP contribution in [0.25, 0.3) is 10.9 Å². The van der Waals surface area contributed by atoms with Crippen molar-refractivity contribution in [2.24, 2.45) is 5.10 Å². The number of fused-ring (bicyclic) bond motifs is 1. The molecular weight excluding hydrogens is 486 g/mol. The van der Waals surface area contributed by atoms with E-state index in [2.05, 4.69) is 37.0 Å². The molecule has 0 unspecified atom stereocenters. The van der Waals surface area contributed by atoms with Gasteiger partial charge in [-0.2, -0.15) is 9.78 Å². The van der Waals surface area contributed by atoms with E-state index in [4.69, 9.17) is 4.98 Å². The molecule has 0 atom stereocenters. The molecule has 4 rings (SSSR count). The zero-order chi connectivity index (χ0) is 19.7. The number of aromatic nitrogens is 2. The van der Waals surface area contributed by atoms with E-state index in [-0.39, 0.29) is 17.2 Å². The summed E-state index contributed by atoms with van der Waals surface area (Å²) in [4.78, 5) is 18.0. The molecular formula is C21H19Br2N3O2. The highest BCUT2D eigenvalue weighted by Gasteiger charge is 2.22. The van der Waals surface area contributed by atoms with Crippen molar-refractivity contribution in [3.8, 4) is 5.75 Å². The van der Waals surface area contributed by atoms with Gasteiger partial charge in [0, 0.05) is 5.92 Å². The van der Waals surface area contributed by atoms with E-state index >= 15 is 0 Å². The molecule has 144 valence electrons. The molecule has 28 heavy (non-hydrogen) atoms. The van der Waals surface area contributed by atoms with E-state index in [1.807, 2.05) is 18.2 Å². The lowest BCUT2D eigenvalue weighted by Crippen LogP contribution is -2.25. The molecule has 1 aliphatic carbocycles. The van der Waals surface area contributed by atoms with E-state index in [1.165, 1.54) is 11.1 Å². The maximum atomic E-state index is 13.2. The molecule has 0 radical (unpaired) electrons. The SMILES string of the molecule is O=c1c2ccccc2nc(C2CCCCC2)n1N=Cc1cc(Br)c(O)c(Br)c1. The van der Waals surface area contributed by atoms with Crippen molar-refractivity contribution in [3.63, 3.8) is 0 Å². The number of para-hydroxylation sites is 1. The Morgan fingerprint density at radius 1 is 1.11 bits per heavy atom. The molecule has 0 saturated heterocycles. The Bertz CT molecular complexity index is 1100. The molecule has 7 heteroatoms. The fraction of sp³-hybridized carbons (Fsp3) is 0.286. The van der Waals surface area contributed by atoms with Crippen molar-refractivity contribution < 1.29 is 5.11 Å². The van der Waals surface area contributed by atoms with Gasteiger partial charge in [-0.05, 0) is 74.5 Å². The number of halogens is 2. The van der Waals surface area contributed by atoms with Crippen molar-refractivity contribution in [1.29, 1.82) is 0 Å². The first-order chi connectivity index (χ1) is 13.5. The van der Waals surface area contributed by atoms with Crippen LogP contribution >= 0.6 is 31.9 Å². The Labute approximate surface area is 179 Å². The minimum absolute atomic E-state index is 0.129. The monoisotopic (exact) mass is 503 g/mol. The van der Waals surface area contributed by atoms with Gasteiger partial charge in [0.05, 0.1) is 26.1 Å². The molecule has 1 aliphatic rings. The van der Waals surface area contributed by atoms with Crippen LogP contribution in [0.15, 0.2) is 55.2 Å². The van der Waals surface area contributed by atoms with Gasteiger partial charge in [-0.15, -0.1) is 0 Å². The summed E-state index contributed by atoms with van der Waals surface area (Å²) in [7, 11) is 0. The lowest BCUT2D eigenvalue weighted by molar-refractivity contribution is 0.416. The van der Waals surface area contributed by atoms with Gasteiger partial charge in [-0.3, -0.25) is 4.79 Å². The van der Waals surface area contributed by atoms with Crippen LogP contribution in [0.2, 0.25) is 0 Å². The van der Waals surface area contributed by atoms with Gasteiger partial charge in [0.15, 0.2) is 0 Å². The van der Waals surface area contributed by atoms with Gasteiger partial charge in [0.1, 0.15) is 11.6 Å². The summed E-state index contributed by atoms with van der Waals surface area (Å²) in [6.45, 7) is 0. The van der Waals surface area contributed by atoms with Gasteiger partial charge >= 0.3 is 0 Å². The topological polar surface area (TPSA) is 67.5 Å². The smallest absolute Gasteiger partial charge is 0.282 e. The first-order valence-corrected chi connectivity index (χ1v) is 10.9. The predicted octanol–water partition coefficient (Wildman–Crippen LogP) is 5.56. The Balaban J connectivity index is 1.84. The number of phenolic OH excluding ortho intramolecular Hbond substituents is 1. The molecule has 1 heterocycles. The summed E-state index contributed by atoms with van der Waals surface area (Å²) in [5.74, 6) is 1.10. The third kappa shape index (κ3) is 3.78. The highest BCUT2D eigenvalue weighted by Crippen LogP contribution is 2.33. The number of benzene rings is 2. The molecule has 1 N–H and O–H groups in total. The average molecular weight is 505 g/mol. The highest BCUT2D eigenvalue weighted by molar-refractivity contribution is 9.11. The van der Waals surface area contributed by atoms with Crippen molar-refractivity contribution in [2.75, 3.05) is 0 Å². The summed E-state index contributed by atoms with van der Waals surface area (Å²) in [5, 5.41) is 15.0. The van der Waals surface area contributed by atoms with Gasteiger partial charge in [-0.1, -0.05) is 31.4 Å². The maximum absolute atomic E-state index is 13.2. The minimum atomic E-state index is -0.153. The number of hydrogen-bond acceptors (Lipinski definition) is 4. The summed E-state index contributed by atoms with van der Waals surface area (Å²) in [6, 6.07) is 10.9. The van der Waals surface area contributed by atoms with Crippen LogP contribution in [0, 0.1) is 0 Å². The maximum Gasteiger partial charge on any atom is 0.282 e. The van der Waals surface area contributed by atoms with Crippen LogP contribution in [0.3, 0.4) is 0 Å². The largest absolute Gasteiger partial charge is 0.506 e. The fourth-order valence-corrected chi connectivity index (χ4v) is 4.88. The van der Waals surface area contributed by atoms with Crippen LogP contribution < -0.4 is 5.56 Å². The van der Waals surface area contributed by atoms with Crippen LogP contribution in [-0.2, 0) is 0 Å². The Morgan fingerprint density at radius 2 is 1.79 bits per heavy atom. The van der Waals surface area contributed by atoms with Crippen molar-refractivity contribution >= 4 is 49.0 Å². The number of hydrogen-bond donors (Lipinski definition) is 1. The van der Waals surface area contributed by atoms with Crippen LogP contribution in [0.1, 0.15) is 49.4 Å². The Kier molecular flexibility index (Phi) is 5.64. The molecule has 1 fully saturated rings. The summed E-state index contributed by atoms with van der Waals surface area (Å²) >= 11 is 6.65. The second kappa shape index (κ2) is 8.17. The lowest BCUT2D eigenvalue weighted by Gasteiger charge is -2.22. The molecule has 2 aromatic carbocycles. The van der Waals surface area contributed by atoms with Gasteiger partial charge in [0.2, 0.25) is 0 Å². The van der Waals surface area contributed by atoms with Crippen molar-refractivity contribution in [3.05, 3.63) is 67.1 Å². The third-order valence-corrected chi connectivity index (χ3v) is 6.32. The zero-order valence-electron chi connectivity index (χ0n) is 15.1. The van der Waals surface area contributed by atoms with E-state index in [1.54, 1.807) is 24.4 Å². The summed E-state index contributed by atoms with van der Waals surface area (Å²) in [5.41, 5.74) is 1.32. The second-order valence-corrected chi connectivity index (χ2v) is 8.73. The number of phenols is 1. The number of rotatable bonds is 3. The van der Waals surface area contributed by atoms with E-state index in [0.29, 0.717) is 14.3 Å². The molecule has 1 aromatic heterocycles. The lowest BCUT2D eigenvalue weighted by atomic mass is 9.88. The Morgan fingerprint density at radius 3 is 2.50 bits per heavy atom. The molecule has 1 saturated carbocycles. The van der Waals surface area contributed by atoms with E-state index in [9.17, 15) is 9.90 Å². The first-order valence-electron chi connectivity index (χ1n) is 9.28. The van der Waals surface area contributed by atoms with Crippen molar-refractivity contribution in [1.82, 2.24) is 9.66 Å². The first kappa shape index (κ1) is 19.3. The third-order valence-electron chi connectivity index (χ3n) is 5.11. The second-order valence-electron chi connectivity index (χ2n) is 7.02. The zero-order valence-corrected chi connectivity index (χ0v) is 18.3. The molecule has 3 aromatic rings. The summed E-state index contributed by atoms with van der Waals surface area (Å²) in [6.07, 6.45) is 7.20. The minimum Gasteiger partial charge on any atom is -0.506 e. The van der Waals surface area contributed by atoms with Crippen molar-refractivity contribution in [2.45, 2.75) is 38.0 Å². The molecule has 0 amide bonds. The summed E-state index contributed by atoms with van der Waals surface area (Å²) < 4.78 is 2.56. The van der Waals surface area contributed by atoms with E-state index < -0.39 is 0 Å². The van der Waals surface area contributed by atoms with Gasteiger partial charge in [-0.25, -0.2) is 4.98 Å². The molecule has 0 bridgehead atoms. The van der Waals surface area contributed by atoms with Crippen LogP contribution in [0.5, 0.6) is 5.75 Å². The van der Waals surface area contributed by atoms with Crippen LogP contribution in [0.4, 0.5) is 0 Å².